The second kappa shape index (κ2) is 14.4. The number of anilines is 1. The number of rotatable bonds is 11. The summed E-state index contributed by atoms with van der Waals surface area (Å²) in [5.74, 6) is 0.451. The highest BCUT2D eigenvalue weighted by Crippen LogP contribution is 2.42. The summed E-state index contributed by atoms with van der Waals surface area (Å²) in [5, 5.41) is 10.4. The number of benzene rings is 1. The predicted octanol–water partition coefficient (Wildman–Crippen LogP) is 7.85. The molecule has 0 aliphatic heterocycles. The van der Waals surface area contributed by atoms with Crippen molar-refractivity contribution >= 4 is 29.0 Å². The number of pyridine rings is 1. The smallest absolute Gasteiger partial charge is 0.408 e. The van der Waals surface area contributed by atoms with E-state index in [-0.39, 0.29) is 12.0 Å². The third-order valence-electron chi connectivity index (χ3n) is 9.22. The van der Waals surface area contributed by atoms with Gasteiger partial charge in [-0.3, -0.25) is 9.78 Å². The van der Waals surface area contributed by atoms with Gasteiger partial charge in [-0.2, -0.15) is 11.3 Å². The van der Waals surface area contributed by atoms with Gasteiger partial charge in [-0.1, -0.05) is 24.3 Å². The number of alkyl carbamates (subject to hydrolysis) is 1. The molecule has 2 aliphatic carbocycles. The van der Waals surface area contributed by atoms with Crippen LogP contribution in [0.25, 0.3) is 22.4 Å². The quantitative estimate of drug-likeness (QED) is 0.224. The van der Waals surface area contributed by atoms with E-state index in [0.717, 1.165) is 86.0 Å². The van der Waals surface area contributed by atoms with Gasteiger partial charge in [0.2, 0.25) is 5.91 Å². The van der Waals surface area contributed by atoms with Gasteiger partial charge in [0, 0.05) is 37.2 Å². The highest BCUT2D eigenvalue weighted by Gasteiger charge is 2.41. The summed E-state index contributed by atoms with van der Waals surface area (Å²) in [4.78, 5) is 33.0. The predicted molar refractivity (Wildman–Crippen MR) is 181 cm³/mol. The van der Waals surface area contributed by atoms with Gasteiger partial charge < -0.3 is 25.0 Å². The molecule has 5 rings (SSSR count). The molecule has 1 aromatic carbocycles. The highest BCUT2D eigenvalue weighted by atomic mass is 32.1. The number of methoxy groups -OCH3 is 1. The van der Waals surface area contributed by atoms with Crippen LogP contribution in [0.5, 0.6) is 0 Å². The monoisotopic (exact) mass is 632 g/mol. The number of aromatic nitrogens is 1. The van der Waals surface area contributed by atoms with Gasteiger partial charge in [0.15, 0.2) is 0 Å². The summed E-state index contributed by atoms with van der Waals surface area (Å²) in [7, 11) is 3.91. The normalized spacial score (nSPS) is 19.5. The lowest BCUT2D eigenvalue weighted by molar-refractivity contribution is -0.117. The molecule has 242 valence electrons. The molecule has 0 saturated heterocycles. The van der Waals surface area contributed by atoms with Crippen molar-refractivity contribution in [2.24, 2.45) is 5.92 Å². The molecule has 0 unspecified atom stereocenters. The van der Waals surface area contributed by atoms with Gasteiger partial charge in [0.1, 0.15) is 5.60 Å². The Morgan fingerprint density at radius 1 is 1.07 bits per heavy atom. The molecular weight excluding hydrogens is 584 g/mol. The first kappa shape index (κ1) is 33.1. The molecule has 0 spiro atoms. The van der Waals surface area contributed by atoms with Crippen molar-refractivity contribution in [1.82, 2.24) is 15.2 Å². The Morgan fingerprint density at radius 3 is 2.40 bits per heavy atom. The molecule has 0 radical (unpaired) electrons. The average Bonchev–Trinajstić information content (AvgIpc) is 3.52. The molecule has 2 N–H and O–H groups in total. The Morgan fingerprint density at radius 2 is 1.80 bits per heavy atom. The first-order valence-corrected chi connectivity index (χ1v) is 17.1. The standard InChI is InChI=1S/C36H48N4O4S/c1-35(2,3)44-34(42)39-36(16-6-17-36)28-11-9-26(10-12-28)33-31(27-15-20-45-24-27)22-29(23-37-33)38-32(41)21-25-7-13-30(14-8-25)40(4)18-19-43-5/h9-12,15,20,22-25,30H,6-8,13-14,16-19,21H2,1-5H3,(H,38,41)(H,39,42). The van der Waals surface area contributed by atoms with E-state index in [1.807, 2.05) is 26.8 Å². The van der Waals surface area contributed by atoms with Crippen LogP contribution in [0.2, 0.25) is 0 Å². The Balaban J connectivity index is 1.26. The number of hydrogen-bond acceptors (Lipinski definition) is 7. The zero-order valence-electron chi connectivity index (χ0n) is 27.4. The number of thiophene rings is 1. The minimum Gasteiger partial charge on any atom is -0.444 e. The van der Waals surface area contributed by atoms with Crippen molar-refractivity contribution in [3.05, 3.63) is 58.9 Å². The van der Waals surface area contributed by atoms with Crippen LogP contribution >= 0.6 is 11.3 Å². The molecule has 9 heteroatoms. The molecule has 2 heterocycles. The fourth-order valence-electron chi connectivity index (χ4n) is 6.55. The zero-order chi connectivity index (χ0) is 32.0. The molecule has 2 amide bonds. The zero-order valence-corrected chi connectivity index (χ0v) is 28.2. The van der Waals surface area contributed by atoms with Gasteiger partial charge in [0.25, 0.3) is 0 Å². The van der Waals surface area contributed by atoms with Crippen LogP contribution in [-0.4, -0.2) is 60.8 Å². The van der Waals surface area contributed by atoms with Crippen LogP contribution in [0.4, 0.5) is 10.5 Å². The highest BCUT2D eigenvalue weighted by molar-refractivity contribution is 7.08. The summed E-state index contributed by atoms with van der Waals surface area (Å²) in [6, 6.07) is 13.0. The maximum Gasteiger partial charge on any atom is 0.408 e. The summed E-state index contributed by atoms with van der Waals surface area (Å²) >= 11 is 1.64. The molecule has 2 saturated carbocycles. The van der Waals surface area contributed by atoms with Crippen molar-refractivity contribution in [3.8, 4) is 22.4 Å². The lowest BCUT2D eigenvalue weighted by Gasteiger charge is -2.43. The fraction of sp³-hybridized carbons (Fsp3) is 0.528. The van der Waals surface area contributed by atoms with Crippen LogP contribution in [0.3, 0.4) is 0 Å². The van der Waals surface area contributed by atoms with E-state index in [0.29, 0.717) is 24.1 Å². The second-order valence-electron chi connectivity index (χ2n) is 13.7. The summed E-state index contributed by atoms with van der Waals surface area (Å²) in [5.41, 5.74) is 4.72. The molecule has 0 bridgehead atoms. The molecule has 2 aliphatic rings. The van der Waals surface area contributed by atoms with E-state index in [1.54, 1.807) is 24.6 Å². The third-order valence-corrected chi connectivity index (χ3v) is 9.91. The number of likely N-dealkylation sites (N-methyl/N-ethyl adjacent to an activating group) is 1. The van der Waals surface area contributed by atoms with Gasteiger partial charge in [0.05, 0.1) is 29.7 Å². The first-order valence-electron chi connectivity index (χ1n) is 16.2. The van der Waals surface area contributed by atoms with Gasteiger partial charge in [-0.05, 0) is 113 Å². The Kier molecular flexibility index (Phi) is 10.6. The molecule has 2 fully saturated rings. The number of carbonyl (C=O) groups excluding carboxylic acids is 2. The van der Waals surface area contributed by atoms with E-state index in [2.05, 4.69) is 63.7 Å². The third kappa shape index (κ3) is 8.51. The molecule has 45 heavy (non-hydrogen) atoms. The molecule has 8 nitrogen and oxygen atoms in total. The summed E-state index contributed by atoms with van der Waals surface area (Å²) in [6.45, 7) is 7.32. The number of nitrogens with zero attached hydrogens (tertiary/aromatic N) is 2. The van der Waals surface area contributed by atoms with E-state index in [1.165, 1.54) is 0 Å². The first-order chi connectivity index (χ1) is 21.5. The maximum absolute atomic E-state index is 13.1. The van der Waals surface area contributed by atoms with Gasteiger partial charge in [-0.25, -0.2) is 4.79 Å². The second-order valence-corrected chi connectivity index (χ2v) is 14.5. The lowest BCUT2D eigenvalue weighted by Crippen LogP contribution is -2.52. The molecule has 0 atom stereocenters. The van der Waals surface area contributed by atoms with E-state index >= 15 is 0 Å². The van der Waals surface area contributed by atoms with E-state index < -0.39 is 11.1 Å². The number of nitrogens with one attached hydrogen (secondary N) is 2. The van der Waals surface area contributed by atoms with Crippen LogP contribution in [0.15, 0.2) is 53.4 Å². The minimum absolute atomic E-state index is 0.0460. The van der Waals surface area contributed by atoms with Crippen LogP contribution in [0.1, 0.15) is 77.7 Å². The van der Waals surface area contributed by atoms with Crippen molar-refractivity contribution in [3.63, 3.8) is 0 Å². The van der Waals surface area contributed by atoms with Gasteiger partial charge >= 0.3 is 6.09 Å². The SMILES string of the molecule is COCCN(C)C1CCC(CC(=O)Nc2cnc(-c3ccc(C4(NC(=O)OC(C)(C)C)CCC4)cc3)c(-c3ccsc3)c2)CC1. The van der Waals surface area contributed by atoms with E-state index in [9.17, 15) is 9.59 Å². The summed E-state index contributed by atoms with van der Waals surface area (Å²) in [6.07, 6.45) is 9.10. The minimum atomic E-state index is -0.547. The van der Waals surface area contributed by atoms with Crippen LogP contribution < -0.4 is 10.6 Å². The van der Waals surface area contributed by atoms with Crippen molar-refractivity contribution in [1.29, 1.82) is 0 Å². The average molecular weight is 633 g/mol. The lowest BCUT2D eigenvalue weighted by atomic mass is 9.71. The molecule has 2 aromatic heterocycles. The topological polar surface area (TPSA) is 92.8 Å². The Bertz CT molecular complexity index is 1420. The Labute approximate surface area is 271 Å². The van der Waals surface area contributed by atoms with Crippen molar-refractivity contribution in [2.45, 2.75) is 89.3 Å². The van der Waals surface area contributed by atoms with Crippen LogP contribution in [0, 0.1) is 5.92 Å². The Hall–Kier alpha value is -3.27. The van der Waals surface area contributed by atoms with E-state index in [4.69, 9.17) is 14.5 Å². The number of amides is 2. The summed E-state index contributed by atoms with van der Waals surface area (Å²) < 4.78 is 10.8. The van der Waals surface area contributed by atoms with Crippen LogP contribution in [-0.2, 0) is 19.8 Å². The molecule has 3 aromatic rings. The number of hydrogen-bond donors (Lipinski definition) is 2. The maximum atomic E-state index is 13.1. The molecular formula is C36H48N4O4S. The fourth-order valence-corrected chi connectivity index (χ4v) is 7.20. The van der Waals surface area contributed by atoms with Gasteiger partial charge in [-0.15, -0.1) is 0 Å². The number of carbonyl (C=O) groups is 2. The number of ether oxygens (including phenoxy) is 2. The van der Waals surface area contributed by atoms with Crippen molar-refractivity contribution in [2.75, 3.05) is 32.6 Å². The largest absolute Gasteiger partial charge is 0.444 e. The van der Waals surface area contributed by atoms with Crippen molar-refractivity contribution < 1.29 is 19.1 Å².